The number of carbonyl (C=O) groups excluding carboxylic acids is 1. The van der Waals surface area contributed by atoms with Gasteiger partial charge >= 0.3 is 0 Å². The first kappa shape index (κ1) is 19.0. The topological polar surface area (TPSA) is 73.0 Å². The molecule has 6 nitrogen and oxygen atoms in total. The summed E-state index contributed by atoms with van der Waals surface area (Å²) in [5, 5.41) is 12.2. The Balaban J connectivity index is 1.73. The second-order valence-corrected chi connectivity index (χ2v) is 7.12. The molecule has 3 rings (SSSR count). The highest BCUT2D eigenvalue weighted by Gasteiger charge is 2.17. The molecule has 7 heteroatoms. The van der Waals surface area contributed by atoms with Crippen molar-refractivity contribution >= 4 is 23.4 Å². The van der Waals surface area contributed by atoms with Crippen molar-refractivity contribution in [3.05, 3.63) is 60.1 Å². The highest BCUT2D eigenvalue weighted by molar-refractivity contribution is 7.99. The van der Waals surface area contributed by atoms with Gasteiger partial charge in [-0.3, -0.25) is 9.36 Å². The molecule has 0 aliphatic carbocycles. The highest BCUT2D eigenvalue weighted by atomic mass is 32.2. The number of thioether (sulfide) groups is 1. The van der Waals surface area contributed by atoms with Crippen LogP contribution in [0.2, 0.25) is 0 Å². The Morgan fingerprint density at radius 2 is 2.11 bits per heavy atom. The summed E-state index contributed by atoms with van der Waals surface area (Å²) in [6.45, 7) is 10.3. The van der Waals surface area contributed by atoms with E-state index in [1.807, 2.05) is 49.6 Å². The number of hydrogen-bond acceptors (Lipinski definition) is 5. The maximum absolute atomic E-state index is 12.4. The molecule has 2 heterocycles. The Morgan fingerprint density at radius 3 is 2.81 bits per heavy atom. The van der Waals surface area contributed by atoms with Crippen LogP contribution in [0.5, 0.6) is 0 Å². The fourth-order valence-corrected chi connectivity index (χ4v) is 3.46. The summed E-state index contributed by atoms with van der Waals surface area (Å²) < 4.78 is 7.30. The lowest BCUT2D eigenvalue weighted by Gasteiger charge is -2.10. The minimum Gasteiger partial charge on any atom is -0.469 e. The van der Waals surface area contributed by atoms with E-state index in [9.17, 15) is 4.79 Å². The summed E-state index contributed by atoms with van der Waals surface area (Å²) in [6, 6.07) is 7.73. The number of furan rings is 1. The molecule has 0 spiro atoms. The van der Waals surface area contributed by atoms with Crippen LogP contribution in [-0.4, -0.2) is 26.4 Å². The molecule has 0 saturated heterocycles. The monoisotopic (exact) mass is 382 g/mol. The van der Waals surface area contributed by atoms with Crippen LogP contribution in [0, 0.1) is 20.8 Å². The van der Waals surface area contributed by atoms with E-state index >= 15 is 0 Å². The third-order valence-electron chi connectivity index (χ3n) is 4.34. The second-order valence-electron chi connectivity index (χ2n) is 6.18. The van der Waals surface area contributed by atoms with Crippen molar-refractivity contribution in [2.24, 2.45) is 0 Å². The zero-order valence-corrected chi connectivity index (χ0v) is 16.5. The lowest BCUT2D eigenvalue weighted by Crippen LogP contribution is -2.15. The SMILES string of the molecule is C=CCn1c(SCC(=O)Nc2cccc(C)c2C)nnc1-c1ccoc1C. The van der Waals surface area contributed by atoms with E-state index in [2.05, 4.69) is 22.1 Å². The fourth-order valence-electron chi connectivity index (χ4n) is 2.71. The third kappa shape index (κ3) is 4.14. The predicted molar refractivity (Wildman–Crippen MR) is 108 cm³/mol. The summed E-state index contributed by atoms with van der Waals surface area (Å²) in [7, 11) is 0. The van der Waals surface area contributed by atoms with Gasteiger partial charge in [-0.2, -0.15) is 0 Å². The fraction of sp³-hybridized carbons (Fsp3) is 0.250. The van der Waals surface area contributed by atoms with Gasteiger partial charge in [-0.1, -0.05) is 30.0 Å². The van der Waals surface area contributed by atoms with Gasteiger partial charge in [0.25, 0.3) is 0 Å². The zero-order valence-electron chi connectivity index (χ0n) is 15.7. The minimum absolute atomic E-state index is 0.0807. The summed E-state index contributed by atoms with van der Waals surface area (Å²) in [5.41, 5.74) is 3.94. The van der Waals surface area contributed by atoms with E-state index in [-0.39, 0.29) is 11.7 Å². The van der Waals surface area contributed by atoms with E-state index < -0.39 is 0 Å². The molecule has 140 valence electrons. The van der Waals surface area contributed by atoms with Crippen molar-refractivity contribution in [2.45, 2.75) is 32.5 Å². The Bertz CT molecular complexity index is 974. The van der Waals surface area contributed by atoms with E-state index in [1.54, 1.807) is 12.3 Å². The van der Waals surface area contributed by atoms with Gasteiger partial charge in [0.2, 0.25) is 5.91 Å². The average molecular weight is 382 g/mol. The van der Waals surface area contributed by atoms with Crippen molar-refractivity contribution in [1.82, 2.24) is 14.8 Å². The molecule has 1 N–H and O–H groups in total. The van der Waals surface area contributed by atoms with Crippen LogP contribution in [0.15, 0.2) is 52.8 Å². The minimum atomic E-state index is -0.0807. The number of carbonyl (C=O) groups is 1. The van der Waals surface area contributed by atoms with Crippen LogP contribution in [-0.2, 0) is 11.3 Å². The predicted octanol–water partition coefficient (Wildman–Crippen LogP) is 4.38. The van der Waals surface area contributed by atoms with Crippen molar-refractivity contribution in [3.8, 4) is 11.4 Å². The molecular weight excluding hydrogens is 360 g/mol. The molecule has 0 aliphatic heterocycles. The van der Waals surface area contributed by atoms with Crippen LogP contribution < -0.4 is 5.32 Å². The van der Waals surface area contributed by atoms with Gasteiger partial charge in [-0.25, -0.2) is 0 Å². The largest absolute Gasteiger partial charge is 0.469 e. The number of benzene rings is 1. The molecule has 2 aromatic heterocycles. The first-order valence-corrected chi connectivity index (χ1v) is 9.57. The summed E-state index contributed by atoms with van der Waals surface area (Å²) in [4.78, 5) is 12.4. The maximum Gasteiger partial charge on any atom is 0.234 e. The summed E-state index contributed by atoms with van der Waals surface area (Å²) in [5.74, 6) is 1.64. The van der Waals surface area contributed by atoms with Crippen molar-refractivity contribution < 1.29 is 9.21 Å². The smallest absolute Gasteiger partial charge is 0.234 e. The highest BCUT2D eigenvalue weighted by Crippen LogP contribution is 2.27. The lowest BCUT2D eigenvalue weighted by molar-refractivity contribution is -0.113. The van der Waals surface area contributed by atoms with Gasteiger partial charge in [-0.05, 0) is 44.0 Å². The molecule has 27 heavy (non-hydrogen) atoms. The third-order valence-corrected chi connectivity index (χ3v) is 5.31. The molecule has 1 aromatic carbocycles. The van der Waals surface area contributed by atoms with Gasteiger partial charge in [0.15, 0.2) is 11.0 Å². The van der Waals surface area contributed by atoms with E-state index in [4.69, 9.17) is 4.42 Å². The van der Waals surface area contributed by atoms with E-state index in [1.165, 1.54) is 11.8 Å². The number of rotatable bonds is 7. The lowest BCUT2D eigenvalue weighted by atomic mass is 10.1. The maximum atomic E-state index is 12.4. The molecule has 0 aliphatic rings. The Hall–Kier alpha value is -2.80. The van der Waals surface area contributed by atoms with Gasteiger partial charge < -0.3 is 9.73 Å². The number of nitrogens with one attached hydrogen (secondary N) is 1. The molecule has 0 saturated carbocycles. The standard InChI is InChI=1S/C20H22N4O2S/c1-5-10-24-19(16-9-11-26-15(16)4)22-23-20(24)27-12-18(25)21-17-8-6-7-13(2)14(17)3/h5-9,11H,1,10,12H2,2-4H3,(H,21,25). The number of amides is 1. The summed E-state index contributed by atoms with van der Waals surface area (Å²) in [6.07, 6.45) is 3.41. The first-order chi connectivity index (χ1) is 13.0. The van der Waals surface area contributed by atoms with Gasteiger partial charge in [0.1, 0.15) is 5.76 Å². The quantitative estimate of drug-likeness (QED) is 0.485. The molecule has 0 atom stereocenters. The number of aryl methyl sites for hydroxylation is 2. The van der Waals surface area contributed by atoms with Crippen LogP contribution >= 0.6 is 11.8 Å². The van der Waals surface area contributed by atoms with Crippen LogP contribution in [0.4, 0.5) is 5.69 Å². The zero-order chi connectivity index (χ0) is 19.4. The second kappa shape index (κ2) is 8.26. The first-order valence-electron chi connectivity index (χ1n) is 8.58. The van der Waals surface area contributed by atoms with Crippen LogP contribution in [0.25, 0.3) is 11.4 Å². The van der Waals surface area contributed by atoms with Gasteiger partial charge in [0.05, 0.1) is 17.6 Å². The Morgan fingerprint density at radius 1 is 1.30 bits per heavy atom. The number of allylic oxidation sites excluding steroid dienone is 1. The molecule has 0 radical (unpaired) electrons. The number of anilines is 1. The van der Waals surface area contributed by atoms with E-state index in [0.717, 1.165) is 28.1 Å². The van der Waals surface area contributed by atoms with Crippen molar-refractivity contribution in [2.75, 3.05) is 11.1 Å². The molecule has 0 fully saturated rings. The molecule has 0 bridgehead atoms. The normalized spacial score (nSPS) is 10.8. The molecule has 0 unspecified atom stereocenters. The van der Waals surface area contributed by atoms with Crippen LogP contribution in [0.1, 0.15) is 16.9 Å². The molecule has 1 amide bonds. The Labute approximate surface area is 162 Å². The van der Waals surface area contributed by atoms with Gasteiger partial charge in [-0.15, -0.1) is 16.8 Å². The van der Waals surface area contributed by atoms with Crippen molar-refractivity contribution in [1.29, 1.82) is 0 Å². The Kier molecular flexibility index (Phi) is 5.81. The number of nitrogens with zero attached hydrogens (tertiary/aromatic N) is 3. The number of aromatic nitrogens is 3. The summed E-state index contributed by atoms with van der Waals surface area (Å²) >= 11 is 1.35. The molecule has 3 aromatic rings. The average Bonchev–Trinajstić information content (AvgIpc) is 3.23. The number of hydrogen-bond donors (Lipinski definition) is 1. The van der Waals surface area contributed by atoms with Crippen molar-refractivity contribution in [3.63, 3.8) is 0 Å². The molecular formula is C20H22N4O2S. The van der Waals surface area contributed by atoms with Crippen LogP contribution in [0.3, 0.4) is 0 Å². The van der Waals surface area contributed by atoms with Gasteiger partial charge in [0, 0.05) is 12.2 Å². The van der Waals surface area contributed by atoms with E-state index in [0.29, 0.717) is 17.5 Å².